The van der Waals surface area contributed by atoms with Gasteiger partial charge >= 0.3 is 0 Å². The minimum Gasteiger partial charge on any atom is -0.409 e. The Morgan fingerprint density at radius 3 is 2.75 bits per heavy atom. The van der Waals surface area contributed by atoms with Crippen LogP contribution in [0.2, 0.25) is 0 Å². The molecule has 1 heterocycles. The maximum Gasteiger partial charge on any atom is 0.170 e. The number of benzene rings is 1. The molecular formula is C15H17N3OS. The van der Waals surface area contributed by atoms with Crippen LogP contribution in [0.1, 0.15) is 22.4 Å². The van der Waals surface area contributed by atoms with E-state index in [9.17, 15) is 0 Å². The van der Waals surface area contributed by atoms with Gasteiger partial charge in [0.1, 0.15) is 0 Å². The number of nitrogens with zero attached hydrogens (tertiary/aromatic N) is 2. The lowest BCUT2D eigenvalue weighted by Crippen LogP contribution is -2.13. The number of thioether (sulfide) groups is 1. The van der Waals surface area contributed by atoms with E-state index in [2.05, 4.69) is 29.2 Å². The predicted octanol–water partition coefficient (Wildman–Crippen LogP) is 3.09. The summed E-state index contributed by atoms with van der Waals surface area (Å²) in [6, 6.07) is 11.9. The highest BCUT2D eigenvalue weighted by molar-refractivity contribution is 7.98. The number of hydrogen-bond donors (Lipinski definition) is 2. The van der Waals surface area contributed by atoms with Crippen molar-refractivity contribution in [2.24, 2.45) is 10.9 Å². The molecule has 1 aromatic carbocycles. The Morgan fingerprint density at radius 1 is 1.30 bits per heavy atom. The van der Waals surface area contributed by atoms with E-state index in [1.54, 1.807) is 17.8 Å². The first-order valence-electron chi connectivity index (χ1n) is 6.24. The summed E-state index contributed by atoms with van der Waals surface area (Å²) in [7, 11) is 0. The molecule has 0 radical (unpaired) electrons. The van der Waals surface area contributed by atoms with Crippen molar-refractivity contribution in [3.8, 4) is 0 Å². The van der Waals surface area contributed by atoms with Gasteiger partial charge in [0, 0.05) is 17.0 Å². The smallest absolute Gasteiger partial charge is 0.170 e. The molecule has 0 amide bonds. The van der Waals surface area contributed by atoms with Gasteiger partial charge < -0.3 is 10.9 Å². The lowest BCUT2D eigenvalue weighted by Gasteiger charge is -2.07. The molecule has 0 aliphatic carbocycles. The Balaban J connectivity index is 2.18. The summed E-state index contributed by atoms with van der Waals surface area (Å²) in [6.45, 7) is 3.99. The van der Waals surface area contributed by atoms with Gasteiger partial charge in [-0.15, -0.1) is 11.8 Å². The summed E-state index contributed by atoms with van der Waals surface area (Å²) in [6.07, 6.45) is 0. The van der Waals surface area contributed by atoms with E-state index < -0.39 is 0 Å². The molecule has 2 aromatic rings. The number of aromatic nitrogens is 1. The molecule has 3 N–H and O–H groups in total. The van der Waals surface area contributed by atoms with Crippen molar-refractivity contribution in [1.82, 2.24) is 4.98 Å². The fourth-order valence-corrected chi connectivity index (χ4v) is 2.89. The van der Waals surface area contributed by atoms with Crippen LogP contribution >= 0.6 is 11.8 Å². The minimum atomic E-state index is 0.105. The molecule has 0 saturated heterocycles. The average molecular weight is 287 g/mol. The third-order valence-electron chi connectivity index (χ3n) is 2.97. The number of oxime groups is 1. The van der Waals surface area contributed by atoms with Crippen molar-refractivity contribution in [2.45, 2.75) is 24.6 Å². The first-order valence-corrected chi connectivity index (χ1v) is 7.22. The van der Waals surface area contributed by atoms with Crippen LogP contribution in [-0.4, -0.2) is 16.0 Å². The third kappa shape index (κ3) is 3.51. The summed E-state index contributed by atoms with van der Waals surface area (Å²) in [4.78, 5) is 4.47. The molecule has 0 aliphatic rings. The third-order valence-corrected chi connectivity index (χ3v) is 3.93. The van der Waals surface area contributed by atoms with Gasteiger partial charge in [-0.3, -0.25) is 0 Å². The number of nitrogens with two attached hydrogens (primary N) is 1. The van der Waals surface area contributed by atoms with Crippen molar-refractivity contribution in [1.29, 1.82) is 0 Å². The maximum absolute atomic E-state index is 8.75. The van der Waals surface area contributed by atoms with E-state index in [1.807, 2.05) is 25.1 Å². The number of aryl methyl sites for hydroxylation is 2. The maximum atomic E-state index is 8.75. The minimum absolute atomic E-state index is 0.105. The van der Waals surface area contributed by atoms with Crippen LogP contribution < -0.4 is 5.73 Å². The van der Waals surface area contributed by atoms with E-state index in [0.29, 0.717) is 5.56 Å². The van der Waals surface area contributed by atoms with Gasteiger partial charge in [0.25, 0.3) is 0 Å². The second kappa shape index (κ2) is 6.43. The Labute approximate surface area is 122 Å². The Kier molecular flexibility index (Phi) is 4.63. The van der Waals surface area contributed by atoms with Crippen LogP contribution in [0.4, 0.5) is 0 Å². The molecule has 4 nitrogen and oxygen atoms in total. The van der Waals surface area contributed by atoms with Gasteiger partial charge in [0.05, 0.1) is 5.03 Å². The molecule has 0 spiro atoms. The van der Waals surface area contributed by atoms with Gasteiger partial charge in [0.2, 0.25) is 0 Å². The zero-order chi connectivity index (χ0) is 14.5. The first kappa shape index (κ1) is 14.4. The SMILES string of the molecule is Cc1cc(/C(N)=N/O)cc(SCc2ccccc2C)n1. The van der Waals surface area contributed by atoms with E-state index >= 15 is 0 Å². The molecule has 0 aliphatic heterocycles. The van der Waals surface area contributed by atoms with Crippen LogP contribution in [0.15, 0.2) is 46.6 Å². The average Bonchev–Trinajstić information content (AvgIpc) is 2.45. The Morgan fingerprint density at radius 2 is 2.05 bits per heavy atom. The van der Waals surface area contributed by atoms with E-state index in [-0.39, 0.29) is 5.84 Å². The second-order valence-corrected chi connectivity index (χ2v) is 5.53. The summed E-state index contributed by atoms with van der Waals surface area (Å²) in [5.41, 5.74) is 9.71. The monoisotopic (exact) mass is 287 g/mol. The molecule has 2 rings (SSSR count). The molecule has 0 atom stereocenters. The number of hydrogen-bond acceptors (Lipinski definition) is 4. The molecule has 0 saturated carbocycles. The zero-order valence-corrected chi connectivity index (χ0v) is 12.3. The predicted molar refractivity (Wildman–Crippen MR) is 82.2 cm³/mol. The standard InChI is InChI=1S/C15H17N3OS/c1-10-5-3-4-6-12(10)9-20-14-8-13(15(16)18-19)7-11(2)17-14/h3-8,19H,9H2,1-2H3,(H2,16,18). The van der Waals surface area contributed by atoms with Gasteiger partial charge in [-0.25, -0.2) is 4.98 Å². The van der Waals surface area contributed by atoms with Crippen LogP contribution in [-0.2, 0) is 5.75 Å². The van der Waals surface area contributed by atoms with Gasteiger partial charge in [-0.1, -0.05) is 29.4 Å². The lowest BCUT2D eigenvalue weighted by atomic mass is 10.1. The molecule has 104 valence electrons. The largest absolute Gasteiger partial charge is 0.409 e. The Hall–Kier alpha value is -2.01. The summed E-state index contributed by atoms with van der Waals surface area (Å²) in [5, 5.41) is 12.7. The van der Waals surface area contributed by atoms with Crippen molar-refractivity contribution in [3.05, 3.63) is 58.8 Å². The highest BCUT2D eigenvalue weighted by Crippen LogP contribution is 2.24. The van der Waals surface area contributed by atoms with Crippen LogP contribution in [0.25, 0.3) is 0 Å². The fraction of sp³-hybridized carbons (Fsp3) is 0.200. The van der Waals surface area contributed by atoms with Crippen LogP contribution in [0.3, 0.4) is 0 Å². The molecule has 0 bridgehead atoms. The Bertz CT molecular complexity index is 641. The van der Waals surface area contributed by atoms with Gasteiger partial charge in [-0.05, 0) is 37.1 Å². The molecule has 5 heteroatoms. The van der Waals surface area contributed by atoms with E-state index in [0.717, 1.165) is 16.5 Å². The molecule has 20 heavy (non-hydrogen) atoms. The topological polar surface area (TPSA) is 71.5 Å². The number of amidine groups is 1. The van der Waals surface area contributed by atoms with Crippen LogP contribution in [0, 0.1) is 13.8 Å². The van der Waals surface area contributed by atoms with Crippen molar-refractivity contribution >= 4 is 17.6 Å². The fourth-order valence-electron chi connectivity index (χ4n) is 1.84. The molecule has 0 unspecified atom stereocenters. The highest BCUT2D eigenvalue weighted by atomic mass is 32.2. The normalized spacial score (nSPS) is 11.6. The van der Waals surface area contributed by atoms with E-state index in [4.69, 9.17) is 10.9 Å². The summed E-state index contributed by atoms with van der Waals surface area (Å²) in [5.74, 6) is 0.951. The number of rotatable bonds is 4. The van der Waals surface area contributed by atoms with Gasteiger partial charge in [-0.2, -0.15) is 0 Å². The quantitative estimate of drug-likeness (QED) is 0.298. The lowest BCUT2D eigenvalue weighted by molar-refractivity contribution is 0.318. The first-order chi connectivity index (χ1) is 9.60. The second-order valence-electron chi connectivity index (χ2n) is 4.54. The van der Waals surface area contributed by atoms with Crippen molar-refractivity contribution < 1.29 is 5.21 Å². The molecule has 0 fully saturated rings. The molecular weight excluding hydrogens is 270 g/mol. The van der Waals surface area contributed by atoms with E-state index in [1.165, 1.54) is 11.1 Å². The highest BCUT2D eigenvalue weighted by Gasteiger charge is 2.06. The number of pyridine rings is 1. The van der Waals surface area contributed by atoms with Gasteiger partial charge in [0.15, 0.2) is 5.84 Å². The molecule has 1 aromatic heterocycles. The summed E-state index contributed by atoms with van der Waals surface area (Å²) >= 11 is 1.64. The summed E-state index contributed by atoms with van der Waals surface area (Å²) < 4.78 is 0. The zero-order valence-electron chi connectivity index (χ0n) is 11.5. The van der Waals surface area contributed by atoms with Crippen molar-refractivity contribution in [3.63, 3.8) is 0 Å². The van der Waals surface area contributed by atoms with Crippen molar-refractivity contribution in [2.75, 3.05) is 0 Å². The van der Waals surface area contributed by atoms with Crippen LogP contribution in [0.5, 0.6) is 0 Å².